The van der Waals surface area contributed by atoms with Gasteiger partial charge in [-0.3, -0.25) is 9.89 Å². The lowest BCUT2D eigenvalue weighted by atomic mass is 10.1. The summed E-state index contributed by atoms with van der Waals surface area (Å²) in [7, 11) is 5.89. The van der Waals surface area contributed by atoms with Crippen molar-refractivity contribution in [2.45, 2.75) is 31.8 Å². The van der Waals surface area contributed by atoms with E-state index in [0.717, 1.165) is 43.6 Å². The van der Waals surface area contributed by atoms with Crippen LogP contribution in [-0.2, 0) is 0 Å². The van der Waals surface area contributed by atoms with Crippen LogP contribution in [0.2, 0.25) is 0 Å². The van der Waals surface area contributed by atoms with Crippen LogP contribution in [0.1, 0.15) is 43.2 Å². The van der Waals surface area contributed by atoms with Crippen LogP contribution in [0.25, 0.3) is 0 Å². The number of methoxy groups -OCH3 is 1. The lowest BCUT2D eigenvalue weighted by Gasteiger charge is -2.27. The summed E-state index contributed by atoms with van der Waals surface area (Å²) in [6.07, 6.45) is 4.24. The third-order valence-corrected chi connectivity index (χ3v) is 5.81. The lowest BCUT2D eigenvalue weighted by molar-refractivity contribution is 0.221. The van der Waals surface area contributed by atoms with Gasteiger partial charge in [-0.05, 0) is 76.8 Å². The Bertz CT molecular complexity index is 783. The van der Waals surface area contributed by atoms with E-state index < -0.39 is 0 Å². The maximum atomic E-state index is 5.74. The van der Waals surface area contributed by atoms with Gasteiger partial charge in [-0.2, -0.15) is 0 Å². The summed E-state index contributed by atoms with van der Waals surface area (Å²) in [5.41, 5.74) is 1.24. The number of likely N-dealkylation sites (N-methyl/N-ethyl adjacent to an activating group) is 1. The molecule has 0 amide bonds. The van der Waals surface area contributed by atoms with Crippen molar-refractivity contribution >= 4 is 5.96 Å². The number of rotatable bonds is 10. The van der Waals surface area contributed by atoms with Gasteiger partial charge in [0.25, 0.3) is 0 Å². The highest BCUT2D eigenvalue weighted by atomic mass is 16.5. The zero-order valence-electron chi connectivity index (χ0n) is 19.3. The molecule has 2 atom stereocenters. The van der Waals surface area contributed by atoms with E-state index in [9.17, 15) is 0 Å². The molecule has 0 aliphatic carbocycles. The van der Waals surface area contributed by atoms with Crippen molar-refractivity contribution in [3.05, 3.63) is 54.0 Å². The smallest absolute Gasteiger partial charge is 0.191 e. The largest absolute Gasteiger partial charge is 0.497 e. The predicted octanol–water partition coefficient (Wildman–Crippen LogP) is 3.28. The molecule has 170 valence electrons. The SMILES string of the molecule is CCNC(=NCC(c1ccco1)N1CCCC1)NCC(c1ccc(OC)cc1)N(C)C. The predicted molar refractivity (Wildman–Crippen MR) is 126 cm³/mol. The number of nitrogens with zero attached hydrogens (tertiary/aromatic N) is 3. The molecule has 1 aliphatic heterocycles. The standard InChI is InChI=1S/C24H37N5O2/c1-5-25-24(26-17-21(28(2)3)19-10-12-20(30-4)13-11-19)27-18-22(23-9-8-16-31-23)29-14-6-7-15-29/h8-13,16,21-22H,5-7,14-15,17-18H2,1-4H3,(H2,25,26,27). The van der Waals surface area contributed by atoms with E-state index in [1.165, 1.54) is 18.4 Å². The Morgan fingerprint density at radius 3 is 2.48 bits per heavy atom. The summed E-state index contributed by atoms with van der Waals surface area (Å²) in [6, 6.07) is 12.7. The van der Waals surface area contributed by atoms with E-state index in [2.05, 4.69) is 59.7 Å². The van der Waals surface area contributed by atoms with Crippen LogP contribution < -0.4 is 15.4 Å². The molecule has 0 saturated carbocycles. The fourth-order valence-electron chi connectivity index (χ4n) is 4.06. The van der Waals surface area contributed by atoms with Gasteiger partial charge < -0.3 is 24.7 Å². The number of ether oxygens (including phenoxy) is 1. The molecule has 1 aromatic heterocycles. The highest BCUT2D eigenvalue weighted by Crippen LogP contribution is 2.26. The van der Waals surface area contributed by atoms with Crippen molar-refractivity contribution in [2.24, 2.45) is 4.99 Å². The number of hydrogen-bond acceptors (Lipinski definition) is 5. The maximum Gasteiger partial charge on any atom is 0.191 e. The second-order valence-corrected chi connectivity index (χ2v) is 8.13. The number of hydrogen-bond donors (Lipinski definition) is 2. The summed E-state index contributed by atoms with van der Waals surface area (Å²) in [4.78, 5) is 9.62. The number of guanidine groups is 1. The molecule has 2 heterocycles. The Morgan fingerprint density at radius 2 is 1.90 bits per heavy atom. The molecule has 0 spiro atoms. The fraction of sp³-hybridized carbons (Fsp3) is 0.542. The van der Waals surface area contributed by atoms with Gasteiger partial charge >= 0.3 is 0 Å². The van der Waals surface area contributed by atoms with Gasteiger partial charge in [0.15, 0.2) is 5.96 Å². The molecule has 7 nitrogen and oxygen atoms in total. The van der Waals surface area contributed by atoms with E-state index in [-0.39, 0.29) is 12.1 Å². The van der Waals surface area contributed by atoms with Crippen molar-refractivity contribution in [1.29, 1.82) is 0 Å². The van der Waals surface area contributed by atoms with E-state index in [1.807, 2.05) is 18.2 Å². The van der Waals surface area contributed by atoms with Crippen LogP contribution in [0.3, 0.4) is 0 Å². The number of furan rings is 1. The molecule has 1 saturated heterocycles. The Kier molecular flexibility index (Phi) is 8.79. The van der Waals surface area contributed by atoms with Crippen molar-refractivity contribution in [1.82, 2.24) is 20.4 Å². The van der Waals surface area contributed by atoms with Crippen LogP contribution in [-0.4, -0.2) is 69.7 Å². The molecule has 1 aliphatic rings. The molecule has 1 aromatic carbocycles. The number of aliphatic imine (C=N–C) groups is 1. The molecule has 2 N–H and O–H groups in total. The summed E-state index contributed by atoms with van der Waals surface area (Å²) >= 11 is 0. The van der Waals surface area contributed by atoms with Crippen LogP contribution in [0, 0.1) is 0 Å². The quantitative estimate of drug-likeness (QED) is 0.448. The molecular formula is C24H37N5O2. The average Bonchev–Trinajstić information content (AvgIpc) is 3.49. The Morgan fingerprint density at radius 1 is 1.16 bits per heavy atom. The minimum absolute atomic E-state index is 0.180. The zero-order valence-corrected chi connectivity index (χ0v) is 19.3. The Balaban J connectivity index is 1.68. The number of nitrogens with one attached hydrogen (secondary N) is 2. The van der Waals surface area contributed by atoms with Crippen molar-refractivity contribution in [3.63, 3.8) is 0 Å². The summed E-state index contributed by atoms with van der Waals surface area (Å²) in [6.45, 7) is 6.53. The molecule has 31 heavy (non-hydrogen) atoms. The van der Waals surface area contributed by atoms with E-state index >= 15 is 0 Å². The lowest BCUT2D eigenvalue weighted by Crippen LogP contribution is -2.42. The van der Waals surface area contributed by atoms with Gasteiger partial charge in [-0.1, -0.05) is 12.1 Å². The fourth-order valence-corrected chi connectivity index (χ4v) is 4.06. The van der Waals surface area contributed by atoms with Crippen molar-refractivity contribution in [3.8, 4) is 5.75 Å². The Labute approximate surface area is 186 Å². The van der Waals surface area contributed by atoms with Crippen LogP contribution in [0.4, 0.5) is 0 Å². The Hall–Kier alpha value is -2.51. The first kappa shape index (κ1) is 23.2. The normalized spacial score (nSPS) is 17.0. The molecule has 3 rings (SSSR count). The minimum Gasteiger partial charge on any atom is -0.497 e. The van der Waals surface area contributed by atoms with E-state index in [0.29, 0.717) is 6.54 Å². The van der Waals surface area contributed by atoms with Crippen LogP contribution in [0.15, 0.2) is 52.1 Å². The van der Waals surface area contributed by atoms with Gasteiger partial charge in [-0.25, -0.2) is 0 Å². The first-order chi connectivity index (χ1) is 15.1. The molecular weight excluding hydrogens is 390 g/mol. The van der Waals surface area contributed by atoms with E-state index in [4.69, 9.17) is 14.1 Å². The average molecular weight is 428 g/mol. The maximum absolute atomic E-state index is 5.74. The van der Waals surface area contributed by atoms with Gasteiger partial charge in [0, 0.05) is 13.1 Å². The van der Waals surface area contributed by atoms with Crippen LogP contribution in [0.5, 0.6) is 5.75 Å². The molecule has 0 bridgehead atoms. The topological polar surface area (TPSA) is 65.3 Å². The third kappa shape index (κ3) is 6.48. The van der Waals surface area contributed by atoms with E-state index in [1.54, 1.807) is 13.4 Å². The number of benzene rings is 1. The summed E-state index contributed by atoms with van der Waals surface area (Å²) in [5, 5.41) is 6.93. The monoisotopic (exact) mass is 427 g/mol. The highest BCUT2D eigenvalue weighted by Gasteiger charge is 2.25. The van der Waals surface area contributed by atoms with Crippen molar-refractivity contribution < 1.29 is 9.15 Å². The van der Waals surface area contributed by atoms with Crippen LogP contribution >= 0.6 is 0 Å². The second-order valence-electron chi connectivity index (χ2n) is 8.13. The minimum atomic E-state index is 0.180. The summed E-state index contributed by atoms with van der Waals surface area (Å²) < 4.78 is 11.0. The van der Waals surface area contributed by atoms with Gasteiger partial charge in [-0.15, -0.1) is 0 Å². The van der Waals surface area contributed by atoms with Crippen molar-refractivity contribution in [2.75, 3.05) is 53.9 Å². The van der Waals surface area contributed by atoms with Gasteiger partial charge in [0.05, 0.1) is 32.0 Å². The first-order valence-corrected chi connectivity index (χ1v) is 11.2. The zero-order chi connectivity index (χ0) is 22.1. The third-order valence-electron chi connectivity index (χ3n) is 5.81. The molecule has 2 aromatic rings. The molecule has 2 unspecified atom stereocenters. The van der Waals surface area contributed by atoms with Gasteiger partial charge in [0.1, 0.15) is 11.5 Å². The first-order valence-electron chi connectivity index (χ1n) is 11.2. The molecule has 1 fully saturated rings. The highest BCUT2D eigenvalue weighted by molar-refractivity contribution is 5.79. The number of likely N-dealkylation sites (tertiary alicyclic amines) is 1. The molecule has 7 heteroatoms. The molecule has 0 radical (unpaired) electrons. The summed E-state index contributed by atoms with van der Waals surface area (Å²) in [5.74, 6) is 2.69. The van der Waals surface area contributed by atoms with Gasteiger partial charge in [0.2, 0.25) is 0 Å². The second kappa shape index (κ2) is 11.8.